The summed E-state index contributed by atoms with van der Waals surface area (Å²) in [5.74, 6) is 2.00. The molecule has 1 saturated carbocycles. The van der Waals surface area contributed by atoms with Crippen molar-refractivity contribution in [3.05, 3.63) is 23.8 Å². The van der Waals surface area contributed by atoms with Crippen molar-refractivity contribution in [2.75, 3.05) is 0 Å². The molecule has 0 saturated heterocycles. The maximum Gasteiger partial charge on any atom is 0.0467 e. The summed E-state index contributed by atoms with van der Waals surface area (Å²) < 4.78 is 0. The zero-order chi connectivity index (χ0) is 8.01. The Bertz CT molecular complexity index is 217. The lowest BCUT2D eigenvalue weighted by Gasteiger charge is -2.44. The molecule has 0 nitrogen and oxygen atoms in total. The van der Waals surface area contributed by atoms with Crippen LogP contribution in [0.5, 0.6) is 0 Å². The van der Waals surface area contributed by atoms with Crippen LogP contribution in [-0.2, 0) is 0 Å². The lowest BCUT2D eigenvalue weighted by molar-refractivity contribution is 0.182. The maximum absolute atomic E-state index is 6.19. The molecule has 11 heavy (non-hydrogen) atoms. The molecule has 60 valence electrons. The molecule has 3 aliphatic rings. The van der Waals surface area contributed by atoms with Crippen LogP contribution in [-0.4, -0.2) is 5.38 Å². The highest BCUT2D eigenvalue weighted by atomic mass is 35.5. The normalized spacial score (nSPS) is 47.7. The lowest BCUT2D eigenvalue weighted by atomic mass is 9.66. The second kappa shape index (κ2) is 2.38. The molecule has 2 bridgehead atoms. The van der Waals surface area contributed by atoms with E-state index >= 15 is 0 Å². The van der Waals surface area contributed by atoms with Gasteiger partial charge in [0, 0.05) is 5.38 Å². The first kappa shape index (κ1) is 7.42. The fourth-order valence-electron chi connectivity index (χ4n) is 2.09. The van der Waals surface area contributed by atoms with Crippen molar-refractivity contribution in [3.63, 3.8) is 0 Å². The molecule has 0 heterocycles. The van der Waals surface area contributed by atoms with Crippen molar-refractivity contribution in [2.45, 2.75) is 19.2 Å². The van der Waals surface area contributed by atoms with Crippen LogP contribution in [0, 0.1) is 17.8 Å². The standard InChI is InChI=1S/C10H13Cl/c1-6-3-4-8-7(2)9(5-6)10(8)11/h3-5,7-10H,1-2H3/t7?,8?,9-,10?/m0/s1. The maximum atomic E-state index is 6.19. The summed E-state index contributed by atoms with van der Waals surface area (Å²) in [4.78, 5) is 0. The van der Waals surface area contributed by atoms with Gasteiger partial charge >= 0.3 is 0 Å². The summed E-state index contributed by atoms with van der Waals surface area (Å²) in [5, 5.41) is 0.360. The van der Waals surface area contributed by atoms with E-state index in [9.17, 15) is 0 Å². The largest absolute Gasteiger partial charge is 0.122 e. The molecule has 1 fully saturated rings. The third-order valence-corrected chi connectivity index (χ3v) is 3.57. The molecule has 0 aromatic carbocycles. The fraction of sp³-hybridized carbons (Fsp3) is 0.600. The molecule has 0 amide bonds. The van der Waals surface area contributed by atoms with E-state index in [1.54, 1.807) is 0 Å². The number of fused-ring (bicyclic) bond motifs is 1. The van der Waals surface area contributed by atoms with Gasteiger partial charge in [0.2, 0.25) is 0 Å². The molecule has 3 rings (SSSR count). The molecular formula is C10H13Cl. The van der Waals surface area contributed by atoms with Gasteiger partial charge in [0.05, 0.1) is 0 Å². The van der Waals surface area contributed by atoms with Crippen LogP contribution in [0.25, 0.3) is 0 Å². The third-order valence-electron chi connectivity index (χ3n) is 2.99. The molecule has 0 aromatic rings. The predicted molar refractivity (Wildman–Crippen MR) is 48.7 cm³/mol. The van der Waals surface area contributed by atoms with Crippen LogP contribution in [0.1, 0.15) is 13.8 Å². The Morgan fingerprint density at radius 1 is 1.36 bits per heavy atom. The molecule has 1 heteroatoms. The molecule has 3 unspecified atom stereocenters. The van der Waals surface area contributed by atoms with Gasteiger partial charge in [0.1, 0.15) is 0 Å². The van der Waals surface area contributed by atoms with E-state index in [4.69, 9.17) is 11.6 Å². The van der Waals surface area contributed by atoms with E-state index in [1.165, 1.54) is 5.57 Å². The van der Waals surface area contributed by atoms with Crippen molar-refractivity contribution in [2.24, 2.45) is 17.8 Å². The van der Waals surface area contributed by atoms with Crippen LogP contribution in [0.3, 0.4) is 0 Å². The van der Waals surface area contributed by atoms with Gasteiger partial charge in [-0.15, -0.1) is 11.6 Å². The Kier molecular flexibility index (Phi) is 1.61. The van der Waals surface area contributed by atoms with E-state index in [2.05, 4.69) is 32.1 Å². The van der Waals surface area contributed by atoms with Gasteiger partial charge in [-0.3, -0.25) is 0 Å². The minimum atomic E-state index is 0.360. The van der Waals surface area contributed by atoms with Crippen LogP contribution in [0.4, 0.5) is 0 Å². The fourth-order valence-corrected chi connectivity index (χ4v) is 2.71. The minimum absolute atomic E-state index is 0.360. The average molecular weight is 169 g/mol. The number of hydrogen-bond acceptors (Lipinski definition) is 0. The van der Waals surface area contributed by atoms with Crippen molar-refractivity contribution < 1.29 is 0 Å². The monoisotopic (exact) mass is 168 g/mol. The summed E-state index contributed by atoms with van der Waals surface area (Å²) in [5.41, 5.74) is 1.37. The number of rotatable bonds is 0. The highest BCUT2D eigenvalue weighted by Crippen LogP contribution is 2.47. The average Bonchev–Trinajstić information content (AvgIpc) is 2.21. The third kappa shape index (κ3) is 0.961. The van der Waals surface area contributed by atoms with Crippen molar-refractivity contribution in [1.29, 1.82) is 0 Å². The molecule has 4 atom stereocenters. The smallest absolute Gasteiger partial charge is 0.0467 e. The van der Waals surface area contributed by atoms with Crippen LogP contribution in [0.2, 0.25) is 0 Å². The van der Waals surface area contributed by atoms with Crippen molar-refractivity contribution in [1.82, 2.24) is 0 Å². The van der Waals surface area contributed by atoms with Gasteiger partial charge in [-0.1, -0.05) is 30.7 Å². The molecule has 0 N–H and O–H groups in total. The quantitative estimate of drug-likeness (QED) is 0.488. The van der Waals surface area contributed by atoms with E-state index in [-0.39, 0.29) is 0 Å². The SMILES string of the molecule is CC1=C[C@H]2C(C)C(C=C1)C2Cl. The predicted octanol–water partition coefficient (Wildman–Crippen LogP) is 2.99. The van der Waals surface area contributed by atoms with E-state index in [0.29, 0.717) is 17.2 Å². The zero-order valence-electron chi connectivity index (χ0n) is 6.92. The van der Waals surface area contributed by atoms with Crippen LogP contribution < -0.4 is 0 Å². The second-order valence-electron chi connectivity index (χ2n) is 3.73. The Hall–Kier alpha value is -0.230. The van der Waals surface area contributed by atoms with Gasteiger partial charge < -0.3 is 0 Å². The number of alkyl halides is 1. The molecule has 0 radical (unpaired) electrons. The Morgan fingerprint density at radius 3 is 2.73 bits per heavy atom. The van der Waals surface area contributed by atoms with Crippen molar-refractivity contribution in [3.8, 4) is 0 Å². The van der Waals surface area contributed by atoms with E-state index in [0.717, 1.165) is 5.92 Å². The summed E-state index contributed by atoms with van der Waals surface area (Å²) in [6.07, 6.45) is 6.77. The van der Waals surface area contributed by atoms with Gasteiger partial charge in [-0.2, -0.15) is 0 Å². The first-order chi connectivity index (χ1) is 5.20. The van der Waals surface area contributed by atoms with Gasteiger partial charge in [-0.25, -0.2) is 0 Å². The Balaban J connectivity index is 2.30. The molecule has 0 spiro atoms. The summed E-state index contributed by atoms with van der Waals surface area (Å²) in [6, 6.07) is 0. The van der Waals surface area contributed by atoms with Gasteiger partial charge in [-0.05, 0) is 24.7 Å². The summed E-state index contributed by atoms with van der Waals surface area (Å²) in [7, 11) is 0. The highest BCUT2D eigenvalue weighted by molar-refractivity contribution is 6.22. The Morgan fingerprint density at radius 2 is 2.09 bits per heavy atom. The first-order valence-corrected chi connectivity index (χ1v) is 4.64. The number of allylic oxidation sites excluding steroid dienone is 4. The minimum Gasteiger partial charge on any atom is -0.122 e. The summed E-state index contributed by atoms with van der Waals surface area (Å²) in [6.45, 7) is 4.43. The number of halogens is 1. The van der Waals surface area contributed by atoms with Gasteiger partial charge in [0.15, 0.2) is 0 Å². The van der Waals surface area contributed by atoms with E-state index < -0.39 is 0 Å². The topological polar surface area (TPSA) is 0 Å². The molecule has 0 aromatic heterocycles. The molecule has 3 aliphatic carbocycles. The highest BCUT2D eigenvalue weighted by Gasteiger charge is 2.44. The second-order valence-corrected chi connectivity index (χ2v) is 4.23. The zero-order valence-corrected chi connectivity index (χ0v) is 7.68. The molecular weight excluding hydrogens is 156 g/mol. The van der Waals surface area contributed by atoms with Crippen LogP contribution >= 0.6 is 11.6 Å². The van der Waals surface area contributed by atoms with Crippen molar-refractivity contribution >= 4 is 11.6 Å². The first-order valence-electron chi connectivity index (χ1n) is 4.21. The van der Waals surface area contributed by atoms with Crippen LogP contribution in [0.15, 0.2) is 23.8 Å². The van der Waals surface area contributed by atoms with E-state index in [1.807, 2.05) is 0 Å². The number of hydrogen-bond donors (Lipinski definition) is 0. The summed E-state index contributed by atoms with van der Waals surface area (Å²) >= 11 is 6.19. The van der Waals surface area contributed by atoms with Gasteiger partial charge in [0.25, 0.3) is 0 Å². The molecule has 0 aliphatic heterocycles. The Labute approximate surface area is 72.9 Å². The lowest BCUT2D eigenvalue weighted by Crippen LogP contribution is -2.43.